The Morgan fingerprint density at radius 3 is 2.27 bits per heavy atom. The summed E-state index contributed by atoms with van der Waals surface area (Å²) in [5.74, 6) is 0.824. The topological polar surface area (TPSA) is 29.5 Å². The van der Waals surface area contributed by atoms with E-state index in [1.54, 1.807) is 7.11 Å². The summed E-state index contributed by atoms with van der Waals surface area (Å²) >= 11 is 0. The van der Waals surface area contributed by atoms with E-state index in [1.165, 1.54) is 0 Å². The Bertz CT molecular complexity index is 348. The van der Waals surface area contributed by atoms with Crippen LogP contribution in [0.3, 0.4) is 0 Å². The van der Waals surface area contributed by atoms with E-state index in [-0.39, 0.29) is 12.0 Å². The van der Waals surface area contributed by atoms with Crippen molar-refractivity contribution < 1.29 is 9.84 Å². The molecule has 0 radical (unpaired) electrons. The molecule has 0 fully saturated rings. The van der Waals surface area contributed by atoms with E-state index < -0.39 is 0 Å². The Morgan fingerprint density at radius 2 is 1.87 bits per heavy atom. The summed E-state index contributed by atoms with van der Waals surface area (Å²) in [6.07, 6.45) is 0. The lowest BCUT2D eigenvalue weighted by atomic mass is 9.84. The van der Waals surface area contributed by atoms with Crippen molar-refractivity contribution in [1.29, 1.82) is 0 Å². The fraction of sp³-hybridized carbons (Fsp3) is 0.538. The number of ether oxygens (including phenoxy) is 1. The van der Waals surface area contributed by atoms with Crippen LogP contribution in [0.1, 0.15) is 37.5 Å². The number of aliphatic hydroxyl groups excluding tert-OH is 1. The first-order valence-electron chi connectivity index (χ1n) is 5.19. The molecule has 0 saturated heterocycles. The molecule has 2 nitrogen and oxygen atoms in total. The molecule has 1 aromatic carbocycles. The van der Waals surface area contributed by atoms with E-state index in [0.29, 0.717) is 0 Å². The Labute approximate surface area is 91.9 Å². The standard InChI is InChI=1S/C13H20O2/c1-9-6-7-11(13(2,3)4)12(15-5)10(9)8-14/h6-7,14H,8H2,1-5H3. The average molecular weight is 208 g/mol. The number of aliphatic hydroxyl groups is 1. The van der Waals surface area contributed by atoms with Crippen molar-refractivity contribution in [2.75, 3.05) is 7.11 Å². The molecule has 0 heterocycles. The highest BCUT2D eigenvalue weighted by atomic mass is 16.5. The van der Waals surface area contributed by atoms with Gasteiger partial charge in [0.05, 0.1) is 13.7 Å². The normalized spacial score (nSPS) is 11.6. The van der Waals surface area contributed by atoms with Gasteiger partial charge in [-0.25, -0.2) is 0 Å². The Balaban J connectivity index is 3.42. The highest BCUT2D eigenvalue weighted by Gasteiger charge is 2.21. The molecule has 0 saturated carbocycles. The van der Waals surface area contributed by atoms with Crippen molar-refractivity contribution >= 4 is 0 Å². The predicted molar refractivity (Wildman–Crippen MR) is 62.4 cm³/mol. The molecule has 0 bridgehead atoms. The van der Waals surface area contributed by atoms with Crippen molar-refractivity contribution in [3.63, 3.8) is 0 Å². The molecule has 0 aliphatic heterocycles. The van der Waals surface area contributed by atoms with Crippen LogP contribution in [-0.4, -0.2) is 12.2 Å². The second-order valence-electron chi connectivity index (χ2n) is 4.85. The summed E-state index contributed by atoms with van der Waals surface area (Å²) in [4.78, 5) is 0. The van der Waals surface area contributed by atoms with Crippen LogP contribution in [0, 0.1) is 6.92 Å². The SMILES string of the molecule is COc1c(C(C)(C)C)ccc(C)c1CO. The fourth-order valence-corrected chi connectivity index (χ4v) is 1.75. The van der Waals surface area contributed by atoms with Crippen LogP contribution in [0.5, 0.6) is 5.75 Å². The zero-order valence-electron chi connectivity index (χ0n) is 10.2. The zero-order chi connectivity index (χ0) is 11.6. The van der Waals surface area contributed by atoms with Gasteiger partial charge in [0.1, 0.15) is 5.75 Å². The van der Waals surface area contributed by atoms with Gasteiger partial charge in [-0.05, 0) is 23.5 Å². The van der Waals surface area contributed by atoms with Crippen LogP contribution in [0.2, 0.25) is 0 Å². The number of rotatable bonds is 2. The largest absolute Gasteiger partial charge is 0.496 e. The third kappa shape index (κ3) is 2.32. The molecule has 1 aromatic rings. The maximum absolute atomic E-state index is 9.34. The van der Waals surface area contributed by atoms with Crippen LogP contribution in [0.4, 0.5) is 0 Å². The highest BCUT2D eigenvalue weighted by molar-refractivity contribution is 5.48. The van der Waals surface area contributed by atoms with Gasteiger partial charge in [0.15, 0.2) is 0 Å². The summed E-state index contributed by atoms with van der Waals surface area (Å²) in [6.45, 7) is 8.43. The minimum Gasteiger partial charge on any atom is -0.496 e. The van der Waals surface area contributed by atoms with Crippen molar-refractivity contribution in [2.45, 2.75) is 39.7 Å². The maximum Gasteiger partial charge on any atom is 0.128 e. The first-order chi connectivity index (χ1) is 6.91. The van der Waals surface area contributed by atoms with E-state index in [0.717, 1.165) is 22.4 Å². The molecule has 84 valence electrons. The third-order valence-electron chi connectivity index (χ3n) is 2.66. The number of benzene rings is 1. The summed E-state index contributed by atoms with van der Waals surface area (Å²) < 4.78 is 5.41. The summed E-state index contributed by atoms with van der Waals surface area (Å²) in [5.41, 5.74) is 3.13. The third-order valence-corrected chi connectivity index (χ3v) is 2.66. The first-order valence-corrected chi connectivity index (χ1v) is 5.19. The van der Waals surface area contributed by atoms with Crippen molar-refractivity contribution in [3.05, 3.63) is 28.8 Å². The van der Waals surface area contributed by atoms with Crippen LogP contribution < -0.4 is 4.74 Å². The molecule has 0 aliphatic carbocycles. The Kier molecular flexibility index (Phi) is 3.40. The molecule has 0 spiro atoms. The van der Waals surface area contributed by atoms with Gasteiger partial charge in [-0.3, -0.25) is 0 Å². The number of methoxy groups -OCH3 is 1. The van der Waals surface area contributed by atoms with Crippen molar-refractivity contribution in [3.8, 4) is 5.75 Å². The Hall–Kier alpha value is -1.02. The molecule has 0 unspecified atom stereocenters. The molecule has 1 rings (SSSR count). The zero-order valence-corrected chi connectivity index (χ0v) is 10.2. The molecule has 0 aromatic heterocycles. The minimum atomic E-state index is 0.0267. The molecule has 0 atom stereocenters. The second kappa shape index (κ2) is 4.23. The van der Waals surface area contributed by atoms with Crippen LogP contribution >= 0.6 is 0 Å². The van der Waals surface area contributed by atoms with Crippen LogP contribution in [-0.2, 0) is 12.0 Å². The summed E-state index contributed by atoms with van der Waals surface area (Å²) in [5, 5.41) is 9.34. The highest BCUT2D eigenvalue weighted by Crippen LogP contribution is 2.35. The van der Waals surface area contributed by atoms with E-state index in [2.05, 4.69) is 26.8 Å². The first kappa shape index (κ1) is 12.1. The van der Waals surface area contributed by atoms with Gasteiger partial charge in [0, 0.05) is 5.56 Å². The van der Waals surface area contributed by atoms with E-state index in [9.17, 15) is 5.11 Å². The van der Waals surface area contributed by atoms with E-state index in [4.69, 9.17) is 4.74 Å². The molecule has 1 N–H and O–H groups in total. The van der Waals surface area contributed by atoms with Gasteiger partial charge < -0.3 is 9.84 Å². The smallest absolute Gasteiger partial charge is 0.128 e. The van der Waals surface area contributed by atoms with Crippen molar-refractivity contribution in [2.24, 2.45) is 0 Å². The van der Waals surface area contributed by atoms with Crippen LogP contribution in [0.25, 0.3) is 0 Å². The van der Waals surface area contributed by atoms with Gasteiger partial charge in [-0.2, -0.15) is 0 Å². The molecular weight excluding hydrogens is 188 g/mol. The van der Waals surface area contributed by atoms with Gasteiger partial charge in [0.2, 0.25) is 0 Å². The van der Waals surface area contributed by atoms with E-state index in [1.807, 2.05) is 13.0 Å². The molecule has 0 aliphatic rings. The quantitative estimate of drug-likeness (QED) is 0.809. The number of hydrogen-bond acceptors (Lipinski definition) is 2. The summed E-state index contributed by atoms with van der Waals surface area (Å²) in [6, 6.07) is 4.11. The minimum absolute atomic E-state index is 0.0267. The summed E-state index contributed by atoms with van der Waals surface area (Å²) in [7, 11) is 1.66. The average Bonchev–Trinajstić information content (AvgIpc) is 2.15. The van der Waals surface area contributed by atoms with Gasteiger partial charge >= 0.3 is 0 Å². The predicted octanol–water partition coefficient (Wildman–Crippen LogP) is 2.79. The fourth-order valence-electron chi connectivity index (χ4n) is 1.75. The molecule has 15 heavy (non-hydrogen) atoms. The van der Waals surface area contributed by atoms with E-state index >= 15 is 0 Å². The van der Waals surface area contributed by atoms with Gasteiger partial charge in [-0.1, -0.05) is 32.9 Å². The Morgan fingerprint density at radius 1 is 1.27 bits per heavy atom. The van der Waals surface area contributed by atoms with Gasteiger partial charge in [0.25, 0.3) is 0 Å². The van der Waals surface area contributed by atoms with Crippen molar-refractivity contribution in [1.82, 2.24) is 0 Å². The molecular formula is C13H20O2. The lowest BCUT2D eigenvalue weighted by Gasteiger charge is -2.24. The second-order valence-corrected chi connectivity index (χ2v) is 4.85. The number of aryl methyl sites for hydroxylation is 1. The number of hydrogen-bond donors (Lipinski definition) is 1. The monoisotopic (exact) mass is 208 g/mol. The maximum atomic E-state index is 9.34. The molecule has 2 heteroatoms. The van der Waals surface area contributed by atoms with Gasteiger partial charge in [-0.15, -0.1) is 0 Å². The van der Waals surface area contributed by atoms with Crippen LogP contribution in [0.15, 0.2) is 12.1 Å². The molecule has 0 amide bonds. The lowest BCUT2D eigenvalue weighted by molar-refractivity contribution is 0.271. The lowest BCUT2D eigenvalue weighted by Crippen LogP contribution is -2.14.